The molecule has 1 fully saturated rings. The van der Waals surface area contributed by atoms with Crippen LogP contribution in [0.4, 0.5) is 0 Å². The highest BCUT2D eigenvalue weighted by atomic mass is 16.5. The first-order valence-electron chi connectivity index (χ1n) is 9.60. The second kappa shape index (κ2) is 10.0. The summed E-state index contributed by atoms with van der Waals surface area (Å²) in [6.45, 7) is 6.14. The fraction of sp³-hybridized carbons (Fsp3) is 0.524. The molecule has 0 bridgehead atoms. The molecule has 0 amide bonds. The Kier molecular flexibility index (Phi) is 7.72. The van der Waals surface area contributed by atoms with Crippen LogP contribution in [-0.4, -0.2) is 47.6 Å². The number of rotatable bonds is 9. The van der Waals surface area contributed by atoms with Gasteiger partial charge in [0.25, 0.3) is 0 Å². The van der Waals surface area contributed by atoms with E-state index in [2.05, 4.69) is 4.99 Å². The molecule has 152 valence electrons. The van der Waals surface area contributed by atoms with E-state index in [0.717, 1.165) is 0 Å². The Bertz CT molecular complexity index is 770. The van der Waals surface area contributed by atoms with Crippen molar-refractivity contribution < 1.29 is 29.0 Å². The van der Waals surface area contributed by atoms with Gasteiger partial charge in [0.2, 0.25) is 0 Å². The molecule has 1 aromatic carbocycles. The number of hydrogen-bond acceptors (Lipinski definition) is 6. The zero-order valence-electron chi connectivity index (χ0n) is 16.6. The first kappa shape index (κ1) is 21.6. The number of ketones is 2. The van der Waals surface area contributed by atoms with Crippen LogP contribution in [0.1, 0.15) is 45.6 Å². The molecule has 7 nitrogen and oxygen atoms in total. The molecule has 7 heteroatoms. The smallest absolute Gasteiger partial charge is 0.328 e. The molecular formula is C21H27NO6. The Morgan fingerprint density at radius 3 is 2.50 bits per heavy atom. The van der Waals surface area contributed by atoms with E-state index in [1.165, 1.54) is 6.92 Å². The topological polar surface area (TPSA) is 102 Å². The maximum absolute atomic E-state index is 12.9. The van der Waals surface area contributed by atoms with Crippen molar-refractivity contribution in [1.29, 1.82) is 0 Å². The second-order valence-corrected chi connectivity index (χ2v) is 6.68. The molecule has 0 saturated heterocycles. The third-order valence-electron chi connectivity index (χ3n) is 4.54. The summed E-state index contributed by atoms with van der Waals surface area (Å²) in [5, 5.41) is 9.09. The molecule has 0 radical (unpaired) electrons. The number of carboxylic acids is 1. The van der Waals surface area contributed by atoms with Gasteiger partial charge in [-0.25, -0.2) is 4.79 Å². The van der Waals surface area contributed by atoms with Crippen molar-refractivity contribution in [3.8, 4) is 11.5 Å². The molecule has 28 heavy (non-hydrogen) atoms. The van der Waals surface area contributed by atoms with Gasteiger partial charge in [-0.1, -0.05) is 6.07 Å². The molecule has 0 unspecified atom stereocenters. The van der Waals surface area contributed by atoms with E-state index in [1.807, 2.05) is 13.8 Å². The van der Waals surface area contributed by atoms with Gasteiger partial charge in [0.05, 0.1) is 13.2 Å². The number of carbonyl (C=O) groups is 3. The number of nitrogens with zero attached hydrogens (tertiary/aromatic N) is 1. The molecule has 1 aliphatic rings. The van der Waals surface area contributed by atoms with Gasteiger partial charge in [0.15, 0.2) is 17.3 Å². The predicted molar refractivity (Wildman–Crippen MR) is 104 cm³/mol. The van der Waals surface area contributed by atoms with E-state index in [9.17, 15) is 14.4 Å². The minimum atomic E-state index is -1.08. The number of benzene rings is 1. The highest BCUT2D eigenvalue weighted by molar-refractivity contribution is 6.22. The summed E-state index contributed by atoms with van der Waals surface area (Å²) in [7, 11) is 0. The first-order chi connectivity index (χ1) is 13.4. The maximum Gasteiger partial charge on any atom is 0.328 e. The van der Waals surface area contributed by atoms with Crippen LogP contribution in [0.25, 0.3) is 0 Å². The van der Waals surface area contributed by atoms with Gasteiger partial charge in [0, 0.05) is 18.6 Å². The minimum absolute atomic E-state index is 0.0450. The van der Waals surface area contributed by atoms with Gasteiger partial charge < -0.3 is 14.6 Å². The van der Waals surface area contributed by atoms with Crippen molar-refractivity contribution in [3.63, 3.8) is 0 Å². The van der Waals surface area contributed by atoms with Gasteiger partial charge in [-0.3, -0.25) is 14.6 Å². The Morgan fingerprint density at radius 2 is 1.86 bits per heavy atom. The first-order valence-corrected chi connectivity index (χ1v) is 9.60. The third-order valence-corrected chi connectivity index (χ3v) is 4.54. The van der Waals surface area contributed by atoms with Crippen molar-refractivity contribution in [2.45, 2.75) is 52.5 Å². The molecule has 0 spiro atoms. The quantitative estimate of drug-likeness (QED) is 0.652. The van der Waals surface area contributed by atoms with Crippen LogP contribution in [0.2, 0.25) is 0 Å². The normalized spacial score (nSPS) is 19.3. The zero-order chi connectivity index (χ0) is 20.7. The summed E-state index contributed by atoms with van der Waals surface area (Å²) in [5.74, 6) is -1.34. The summed E-state index contributed by atoms with van der Waals surface area (Å²) < 4.78 is 11.1. The van der Waals surface area contributed by atoms with Crippen molar-refractivity contribution >= 4 is 23.2 Å². The van der Waals surface area contributed by atoms with E-state index >= 15 is 0 Å². The maximum atomic E-state index is 12.9. The van der Waals surface area contributed by atoms with Crippen molar-refractivity contribution in [2.75, 3.05) is 13.2 Å². The average Bonchev–Trinajstić information content (AvgIpc) is 2.64. The summed E-state index contributed by atoms with van der Waals surface area (Å²) in [4.78, 5) is 40.6. The average molecular weight is 389 g/mol. The molecule has 2 atom stereocenters. The molecule has 1 aliphatic carbocycles. The standard InChI is InChI=1S/C21H27NO6/c1-4-27-18-10-9-14(12-19(18)28-5-2)11-17(24)20-15(7-6-8-16(20)23)22-13(3)21(25)26/h9-10,12-13,20H,4-8,11H2,1-3H3,(H,25,26)/t13-,20-/m0/s1. The van der Waals surface area contributed by atoms with Gasteiger partial charge in [-0.2, -0.15) is 0 Å². The number of carbonyl (C=O) groups excluding carboxylic acids is 2. The van der Waals surface area contributed by atoms with Crippen LogP contribution >= 0.6 is 0 Å². The van der Waals surface area contributed by atoms with Crippen LogP contribution in [0, 0.1) is 5.92 Å². The lowest BCUT2D eigenvalue weighted by atomic mass is 9.81. The molecule has 1 saturated carbocycles. The monoisotopic (exact) mass is 389 g/mol. The lowest BCUT2D eigenvalue weighted by molar-refractivity contribution is -0.138. The largest absolute Gasteiger partial charge is 0.490 e. The van der Waals surface area contributed by atoms with E-state index < -0.39 is 17.9 Å². The van der Waals surface area contributed by atoms with Gasteiger partial charge >= 0.3 is 5.97 Å². The van der Waals surface area contributed by atoms with Crippen LogP contribution in [0.3, 0.4) is 0 Å². The highest BCUT2D eigenvalue weighted by Gasteiger charge is 2.34. The number of ether oxygens (including phenoxy) is 2. The van der Waals surface area contributed by atoms with Gasteiger partial charge in [-0.05, 0) is 51.3 Å². The number of carboxylic acid groups (broad SMARTS) is 1. The van der Waals surface area contributed by atoms with Crippen LogP contribution in [-0.2, 0) is 20.8 Å². The highest BCUT2D eigenvalue weighted by Crippen LogP contribution is 2.30. The van der Waals surface area contributed by atoms with Gasteiger partial charge in [-0.15, -0.1) is 0 Å². The molecular weight excluding hydrogens is 362 g/mol. The van der Waals surface area contributed by atoms with E-state index in [1.54, 1.807) is 18.2 Å². The number of aliphatic imine (C=N–C) groups is 1. The molecule has 0 aromatic heterocycles. The van der Waals surface area contributed by atoms with Crippen LogP contribution in [0.15, 0.2) is 23.2 Å². The Balaban J connectivity index is 2.24. The van der Waals surface area contributed by atoms with Gasteiger partial charge in [0.1, 0.15) is 17.7 Å². The lowest BCUT2D eigenvalue weighted by Gasteiger charge is -2.23. The molecule has 2 rings (SSSR count). The Morgan fingerprint density at radius 1 is 1.18 bits per heavy atom. The number of Topliss-reactive ketones (excluding diaryl/α,β-unsaturated/α-hetero) is 2. The SMILES string of the molecule is CCOc1ccc(CC(=O)[C@@H]2C(=O)CCCC2=N[C@@H](C)C(=O)O)cc1OCC. The Hall–Kier alpha value is -2.70. The molecule has 0 aliphatic heterocycles. The fourth-order valence-corrected chi connectivity index (χ4v) is 3.24. The van der Waals surface area contributed by atoms with Crippen molar-refractivity contribution in [2.24, 2.45) is 10.9 Å². The summed E-state index contributed by atoms with van der Waals surface area (Å²) >= 11 is 0. The summed E-state index contributed by atoms with van der Waals surface area (Å²) in [6.07, 6.45) is 1.41. The Labute approximate surface area is 164 Å². The third kappa shape index (κ3) is 5.41. The molecule has 1 aromatic rings. The predicted octanol–water partition coefficient (Wildman–Crippen LogP) is 2.88. The second-order valence-electron chi connectivity index (χ2n) is 6.68. The number of aliphatic carboxylic acids is 1. The van der Waals surface area contributed by atoms with E-state index in [0.29, 0.717) is 55.3 Å². The summed E-state index contributed by atoms with van der Waals surface area (Å²) in [5.41, 5.74) is 1.09. The van der Waals surface area contributed by atoms with E-state index in [4.69, 9.17) is 14.6 Å². The minimum Gasteiger partial charge on any atom is -0.490 e. The van der Waals surface area contributed by atoms with Crippen LogP contribution in [0.5, 0.6) is 11.5 Å². The van der Waals surface area contributed by atoms with Crippen molar-refractivity contribution in [1.82, 2.24) is 0 Å². The van der Waals surface area contributed by atoms with Crippen molar-refractivity contribution in [3.05, 3.63) is 23.8 Å². The van der Waals surface area contributed by atoms with Crippen LogP contribution < -0.4 is 9.47 Å². The fourth-order valence-electron chi connectivity index (χ4n) is 3.24. The summed E-state index contributed by atoms with van der Waals surface area (Å²) in [6, 6.07) is 4.29. The molecule has 0 heterocycles. The lowest BCUT2D eigenvalue weighted by Crippen LogP contribution is -2.37. The zero-order valence-corrected chi connectivity index (χ0v) is 16.6. The number of hydrogen-bond donors (Lipinski definition) is 1. The molecule has 1 N–H and O–H groups in total. The van der Waals surface area contributed by atoms with E-state index in [-0.39, 0.29) is 18.0 Å².